The normalized spacial score (nSPS) is 16.2. The van der Waals surface area contributed by atoms with Gasteiger partial charge in [-0.25, -0.2) is 8.42 Å². The molecule has 3 rings (SSSR count). The molecule has 0 radical (unpaired) electrons. The van der Waals surface area contributed by atoms with E-state index in [2.05, 4.69) is 23.7 Å². The van der Waals surface area contributed by atoms with Gasteiger partial charge in [-0.3, -0.25) is 14.9 Å². The fourth-order valence-corrected chi connectivity index (χ4v) is 5.20. The first-order valence-corrected chi connectivity index (χ1v) is 12.6. The molecule has 2 heterocycles. The molecule has 1 saturated heterocycles. The average Bonchev–Trinajstić information content (AvgIpc) is 2.90. The fourth-order valence-electron chi connectivity index (χ4n) is 3.43. The van der Waals surface area contributed by atoms with Crippen molar-refractivity contribution in [3.05, 3.63) is 32.6 Å². The van der Waals surface area contributed by atoms with E-state index in [1.165, 1.54) is 6.07 Å². The maximum Gasteiger partial charge on any atom is 0.288 e. The van der Waals surface area contributed by atoms with E-state index >= 15 is 0 Å². The molecule has 164 valence electrons. The lowest BCUT2D eigenvalue weighted by atomic mass is 10.1. The lowest BCUT2D eigenvalue weighted by Crippen LogP contribution is -2.32. The van der Waals surface area contributed by atoms with Gasteiger partial charge in [0.25, 0.3) is 11.2 Å². The molecule has 1 aliphatic rings. The predicted molar refractivity (Wildman–Crippen MR) is 118 cm³/mol. The van der Waals surface area contributed by atoms with Crippen LogP contribution in [0.25, 0.3) is 10.1 Å². The molecule has 30 heavy (non-hydrogen) atoms. The van der Waals surface area contributed by atoms with Crippen LogP contribution in [0.15, 0.2) is 21.8 Å². The molecule has 0 saturated carbocycles. The Kier molecular flexibility index (Phi) is 6.73. The van der Waals surface area contributed by atoms with Crippen LogP contribution < -0.4 is 10.5 Å². The third-order valence-corrected chi connectivity index (χ3v) is 7.43. The lowest BCUT2D eigenvalue weighted by Gasteiger charge is -2.22. The van der Waals surface area contributed by atoms with Gasteiger partial charge in [0.05, 0.1) is 15.2 Å². The van der Waals surface area contributed by atoms with Gasteiger partial charge < -0.3 is 9.80 Å². The highest BCUT2D eigenvalue weighted by molar-refractivity contribution is 7.90. The van der Waals surface area contributed by atoms with Crippen LogP contribution in [0.2, 0.25) is 0 Å². The molecule has 1 fully saturated rings. The average molecular weight is 455 g/mol. The van der Waals surface area contributed by atoms with Crippen LogP contribution in [0.3, 0.4) is 0 Å². The molecule has 0 bridgehead atoms. The fraction of sp³-hybridized carbons (Fsp3) is 0.579. The second-order valence-corrected chi connectivity index (χ2v) is 11.0. The zero-order chi connectivity index (χ0) is 22.1. The molecule has 9 nitrogen and oxygen atoms in total. The van der Waals surface area contributed by atoms with Gasteiger partial charge in [-0.2, -0.15) is 4.98 Å². The molecule has 11 heteroatoms. The number of rotatable bonds is 6. The first-order valence-electron chi connectivity index (χ1n) is 9.87. The van der Waals surface area contributed by atoms with Crippen molar-refractivity contribution in [1.82, 2.24) is 9.88 Å². The maximum atomic E-state index is 12.7. The van der Waals surface area contributed by atoms with E-state index in [1.807, 2.05) is 4.90 Å². The van der Waals surface area contributed by atoms with Crippen LogP contribution in [-0.2, 0) is 9.84 Å². The van der Waals surface area contributed by atoms with Crippen LogP contribution in [-0.4, -0.2) is 62.2 Å². The van der Waals surface area contributed by atoms with E-state index in [4.69, 9.17) is 0 Å². The molecule has 0 atom stereocenters. The standard InChI is InChI=1S/C19H26N4O5S2/c1-13(2)5-8-21-6-4-7-22(10-9-21)19-20-18(24)15-11-14(30(3,27)28)12-16(23(25)26)17(15)29-19/h11-13H,4-10H2,1-3H3. The minimum absolute atomic E-state index is 0.0354. The van der Waals surface area contributed by atoms with Crippen LogP contribution in [0.4, 0.5) is 10.8 Å². The van der Waals surface area contributed by atoms with Crippen molar-refractivity contribution in [1.29, 1.82) is 0 Å². The number of nitro benzene ring substituents is 1. The number of benzene rings is 1. The van der Waals surface area contributed by atoms with E-state index in [1.54, 1.807) is 0 Å². The highest BCUT2D eigenvalue weighted by Crippen LogP contribution is 2.34. The van der Waals surface area contributed by atoms with Crippen molar-refractivity contribution >= 4 is 42.1 Å². The van der Waals surface area contributed by atoms with Gasteiger partial charge in [0.2, 0.25) is 0 Å². The highest BCUT2D eigenvalue weighted by atomic mass is 32.2. The third kappa shape index (κ3) is 5.13. The second kappa shape index (κ2) is 8.94. The van der Waals surface area contributed by atoms with Crippen LogP contribution in [0, 0.1) is 16.0 Å². The van der Waals surface area contributed by atoms with Gasteiger partial charge in [-0.15, -0.1) is 0 Å². The van der Waals surface area contributed by atoms with Gasteiger partial charge in [-0.1, -0.05) is 25.2 Å². The van der Waals surface area contributed by atoms with Gasteiger partial charge >= 0.3 is 0 Å². The highest BCUT2D eigenvalue weighted by Gasteiger charge is 2.24. The summed E-state index contributed by atoms with van der Waals surface area (Å²) >= 11 is 1.07. The number of anilines is 1. The summed E-state index contributed by atoms with van der Waals surface area (Å²) in [6.07, 6.45) is 2.99. The molecule has 0 amide bonds. The van der Waals surface area contributed by atoms with Crippen molar-refractivity contribution < 1.29 is 13.3 Å². The summed E-state index contributed by atoms with van der Waals surface area (Å²) in [6.45, 7) is 8.60. The molecule has 0 N–H and O–H groups in total. The Balaban J connectivity index is 1.97. The van der Waals surface area contributed by atoms with E-state index in [0.29, 0.717) is 24.1 Å². The number of non-ortho nitro benzene ring substituents is 1. The minimum atomic E-state index is -3.70. The van der Waals surface area contributed by atoms with E-state index < -0.39 is 20.3 Å². The first-order chi connectivity index (χ1) is 14.1. The number of hydrogen-bond acceptors (Lipinski definition) is 9. The SMILES string of the molecule is CC(C)CCN1CCCN(c2nc(=O)c3cc(S(C)(=O)=O)cc([N+](=O)[O-])c3s2)CC1. The minimum Gasteiger partial charge on any atom is -0.347 e. The Morgan fingerprint density at radius 2 is 1.97 bits per heavy atom. The monoisotopic (exact) mass is 454 g/mol. The summed E-state index contributed by atoms with van der Waals surface area (Å²) in [7, 11) is -3.70. The Labute approximate surface area is 179 Å². The maximum absolute atomic E-state index is 12.7. The Morgan fingerprint density at radius 1 is 1.23 bits per heavy atom. The Morgan fingerprint density at radius 3 is 2.60 bits per heavy atom. The molecule has 0 aliphatic carbocycles. The van der Waals surface area contributed by atoms with E-state index in [-0.39, 0.29) is 20.7 Å². The zero-order valence-corrected chi connectivity index (χ0v) is 19.0. The largest absolute Gasteiger partial charge is 0.347 e. The molecule has 0 unspecified atom stereocenters. The van der Waals surface area contributed by atoms with Crippen LogP contribution in [0.1, 0.15) is 26.7 Å². The summed E-state index contributed by atoms with van der Waals surface area (Å²) in [4.78, 5) is 31.9. The van der Waals surface area contributed by atoms with Crippen molar-refractivity contribution in [2.24, 2.45) is 5.92 Å². The smallest absolute Gasteiger partial charge is 0.288 e. The van der Waals surface area contributed by atoms with Gasteiger partial charge in [0.15, 0.2) is 15.0 Å². The number of nitro groups is 1. The van der Waals surface area contributed by atoms with E-state index in [0.717, 1.165) is 56.1 Å². The number of sulfone groups is 1. The number of fused-ring (bicyclic) bond motifs is 1. The number of nitrogens with zero attached hydrogens (tertiary/aromatic N) is 4. The van der Waals surface area contributed by atoms with Crippen LogP contribution in [0.5, 0.6) is 0 Å². The van der Waals surface area contributed by atoms with Crippen molar-refractivity contribution in [2.75, 3.05) is 43.9 Å². The van der Waals surface area contributed by atoms with Crippen molar-refractivity contribution in [3.63, 3.8) is 0 Å². The molecule has 2 aromatic rings. The Hall–Kier alpha value is -2.11. The third-order valence-electron chi connectivity index (χ3n) is 5.17. The summed E-state index contributed by atoms with van der Waals surface area (Å²) in [6, 6.07) is 2.21. The lowest BCUT2D eigenvalue weighted by molar-refractivity contribution is -0.383. The quantitative estimate of drug-likeness (QED) is 0.483. The molecular weight excluding hydrogens is 428 g/mol. The van der Waals surface area contributed by atoms with Gasteiger partial charge in [-0.05, 0) is 37.9 Å². The van der Waals surface area contributed by atoms with Crippen molar-refractivity contribution in [2.45, 2.75) is 31.6 Å². The van der Waals surface area contributed by atoms with Gasteiger partial charge in [0, 0.05) is 32.0 Å². The van der Waals surface area contributed by atoms with E-state index in [9.17, 15) is 23.3 Å². The Bertz CT molecular complexity index is 1110. The number of hydrogen-bond donors (Lipinski definition) is 0. The predicted octanol–water partition coefficient (Wildman–Crippen LogP) is 2.53. The molecule has 1 aromatic heterocycles. The van der Waals surface area contributed by atoms with Gasteiger partial charge in [0.1, 0.15) is 4.70 Å². The molecule has 1 aromatic carbocycles. The summed E-state index contributed by atoms with van der Waals surface area (Å²) in [5, 5.41) is 12.0. The summed E-state index contributed by atoms with van der Waals surface area (Å²) in [5.41, 5.74) is -1.03. The molecule has 1 aliphatic heterocycles. The summed E-state index contributed by atoms with van der Waals surface area (Å²) < 4.78 is 23.9. The number of aromatic nitrogens is 1. The molecular formula is C19H26N4O5S2. The zero-order valence-electron chi connectivity index (χ0n) is 17.3. The summed E-state index contributed by atoms with van der Waals surface area (Å²) in [5.74, 6) is 0.633. The topological polar surface area (TPSA) is 114 Å². The van der Waals surface area contributed by atoms with Crippen LogP contribution >= 0.6 is 11.3 Å². The second-order valence-electron chi connectivity index (χ2n) is 8.01. The van der Waals surface area contributed by atoms with Crippen molar-refractivity contribution in [3.8, 4) is 0 Å². The molecule has 0 spiro atoms. The first kappa shape index (κ1) is 22.6.